The van der Waals surface area contributed by atoms with Crippen molar-refractivity contribution in [3.05, 3.63) is 83.3 Å². The fourth-order valence-electron chi connectivity index (χ4n) is 4.98. The molecule has 0 aliphatic carbocycles. The van der Waals surface area contributed by atoms with Crippen LogP contribution in [-0.2, 0) is 32.2 Å². The van der Waals surface area contributed by atoms with Gasteiger partial charge in [0.25, 0.3) is 0 Å². The fourth-order valence-corrected chi connectivity index (χ4v) is 4.98. The Morgan fingerprint density at radius 1 is 0.952 bits per heavy atom. The summed E-state index contributed by atoms with van der Waals surface area (Å²) < 4.78 is 30.7. The highest BCUT2D eigenvalue weighted by molar-refractivity contribution is 5.88. The lowest BCUT2D eigenvalue weighted by Gasteiger charge is -2.36. The molecule has 9 nitrogen and oxygen atoms in total. The SMILES string of the molecule is CC(C)(C)OC(=O)N1CC(OCc2ccc(F)cc2)C2C1=CCN2C(=O)C(NC(=O)OCc1ccccc1)C(C)(C)C. The summed E-state index contributed by atoms with van der Waals surface area (Å²) in [6.07, 6.45) is 0.00790. The highest BCUT2D eigenvalue weighted by Gasteiger charge is 2.51. The Morgan fingerprint density at radius 3 is 2.21 bits per heavy atom. The van der Waals surface area contributed by atoms with Gasteiger partial charge in [-0.1, -0.05) is 63.2 Å². The minimum Gasteiger partial charge on any atom is -0.445 e. The summed E-state index contributed by atoms with van der Waals surface area (Å²) in [5, 5.41) is 2.77. The van der Waals surface area contributed by atoms with E-state index in [0.717, 1.165) is 11.1 Å². The Bertz CT molecular complexity index is 1300. The number of alkyl carbamates (subject to hydrolysis) is 1. The number of rotatable bonds is 7. The molecule has 42 heavy (non-hydrogen) atoms. The maximum Gasteiger partial charge on any atom is 0.414 e. The number of hydrogen-bond acceptors (Lipinski definition) is 6. The molecule has 2 heterocycles. The van der Waals surface area contributed by atoms with Crippen LogP contribution in [0.1, 0.15) is 52.7 Å². The first-order valence-electron chi connectivity index (χ1n) is 14.1. The van der Waals surface area contributed by atoms with Gasteiger partial charge in [0.1, 0.15) is 36.2 Å². The molecule has 0 bridgehead atoms. The Kier molecular flexibility index (Phi) is 9.25. The van der Waals surface area contributed by atoms with Crippen LogP contribution in [0.2, 0.25) is 0 Å². The van der Waals surface area contributed by atoms with E-state index in [-0.39, 0.29) is 38.0 Å². The first kappa shape index (κ1) is 31.0. The Morgan fingerprint density at radius 2 is 1.60 bits per heavy atom. The second kappa shape index (κ2) is 12.5. The van der Waals surface area contributed by atoms with Crippen LogP contribution in [-0.4, -0.2) is 64.8 Å². The average Bonchev–Trinajstić information content (AvgIpc) is 3.50. The lowest BCUT2D eigenvalue weighted by molar-refractivity contribution is -0.139. The van der Waals surface area contributed by atoms with Crippen LogP contribution in [0.5, 0.6) is 0 Å². The highest BCUT2D eigenvalue weighted by Crippen LogP contribution is 2.36. The maximum atomic E-state index is 14.1. The third kappa shape index (κ3) is 7.67. The van der Waals surface area contributed by atoms with Crippen molar-refractivity contribution in [1.29, 1.82) is 0 Å². The lowest BCUT2D eigenvalue weighted by atomic mass is 9.85. The van der Waals surface area contributed by atoms with Crippen molar-refractivity contribution in [3.8, 4) is 0 Å². The Hall–Kier alpha value is -3.92. The van der Waals surface area contributed by atoms with Crippen LogP contribution in [0.3, 0.4) is 0 Å². The van der Waals surface area contributed by atoms with E-state index in [1.54, 1.807) is 37.8 Å². The van der Waals surface area contributed by atoms with Gasteiger partial charge in [0.2, 0.25) is 5.91 Å². The van der Waals surface area contributed by atoms with Crippen molar-refractivity contribution in [2.75, 3.05) is 13.1 Å². The first-order chi connectivity index (χ1) is 19.7. The van der Waals surface area contributed by atoms with Crippen molar-refractivity contribution in [1.82, 2.24) is 15.1 Å². The monoisotopic (exact) mass is 581 g/mol. The minimum absolute atomic E-state index is 0.0694. The smallest absolute Gasteiger partial charge is 0.414 e. The molecule has 226 valence electrons. The molecule has 0 aromatic heterocycles. The van der Waals surface area contributed by atoms with Gasteiger partial charge in [0, 0.05) is 12.2 Å². The molecule has 3 atom stereocenters. The normalized spacial score (nSPS) is 19.2. The molecule has 10 heteroatoms. The molecular formula is C32H40FN3O6. The molecule has 1 saturated heterocycles. The molecule has 3 unspecified atom stereocenters. The lowest BCUT2D eigenvalue weighted by Crippen LogP contribution is -2.57. The summed E-state index contributed by atoms with van der Waals surface area (Å²) in [5.74, 6) is -0.673. The van der Waals surface area contributed by atoms with E-state index in [1.165, 1.54) is 17.0 Å². The quantitative estimate of drug-likeness (QED) is 0.471. The Labute approximate surface area is 246 Å². The molecule has 2 aliphatic rings. The Balaban J connectivity index is 1.53. The number of halogens is 1. The van der Waals surface area contributed by atoms with E-state index in [1.807, 2.05) is 57.2 Å². The summed E-state index contributed by atoms with van der Waals surface area (Å²) in [4.78, 5) is 43.2. The van der Waals surface area contributed by atoms with Crippen molar-refractivity contribution in [2.24, 2.45) is 5.41 Å². The molecule has 2 aliphatic heterocycles. The summed E-state index contributed by atoms with van der Waals surface area (Å²) in [7, 11) is 0. The van der Waals surface area contributed by atoms with Crippen LogP contribution in [0.25, 0.3) is 0 Å². The summed E-state index contributed by atoms with van der Waals surface area (Å²) in [6.45, 7) is 11.6. The number of likely N-dealkylation sites (tertiary alicyclic amines) is 1. The molecular weight excluding hydrogens is 541 g/mol. The molecule has 1 N–H and O–H groups in total. The van der Waals surface area contributed by atoms with E-state index in [0.29, 0.717) is 5.70 Å². The molecule has 1 fully saturated rings. The van der Waals surface area contributed by atoms with E-state index < -0.39 is 41.4 Å². The number of benzene rings is 2. The topological polar surface area (TPSA) is 97.4 Å². The van der Waals surface area contributed by atoms with Crippen LogP contribution in [0.4, 0.5) is 14.0 Å². The fraction of sp³-hybridized carbons (Fsp3) is 0.469. The predicted octanol–water partition coefficient (Wildman–Crippen LogP) is 5.40. The van der Waals surface area contributed by atoms with E-state index in [9.17, 15) is 18.8 Å². The zero-order valence-electron chi connectivity index (χ0n) is 25.1. The number of carbonyl (C=O) groups is 3. The first-order valence-corrected chi connectivity index (χ1v) is 14.1. The van der Waals surface area contributed by atoms with Gasteiger partial charge >= 0.3 is 12.2 Å². The van der Waals surface area contributed by atoms with Gasteiger partial charge in [0.05, 0.1) is 13.2 Å². The number of carbonyl (C=O) groups excluding carboxylic acids is 3. The van der Waals surface area contributed by atoms with Crippen molar-refractivity contribution >= 4 is 18.1 Å². The van der Waals surface area contributed by atoms with Crippen molar-refractivity contribution in [2.45, 2.75) is 78.5 Å². The number of hydrogen-bond donors (Lipinski definition) is 1. The predicted molar refractivity (Wildman–Crippen MR) is 155 cm³/mol. The van der Waals surface area contributed by atoms with Gasteiger partial charge in [-0.2, -0.15) is 0 Å². The summed E-state index contributed by atoms with van der Waals surface area (Å²) in [6, 6.07) is 13.7. The second-order valence-electron chi connectivity index (χ2n) is 12.6. The van der Waals surface area contributed by atoms with Gasteiger partial charge in [0.15, 0.2) is 0 Å². The number of nitrogens with zero attached hydrogens (tertiary/aromatic N) is 2. The summed E-state index contributed by atoms with van der Waals surface area (Å²) >= 11 is 0. The maximum absolute atomic E-state index is 14.1. The van der Waals surface area contributed by atoms with Crippen molar-refractivity contribution in [3.63, 3.8) is 0 Å². The summed E-state index contributed by atoms with van der Waals surface area (Å²) in [5.41, 5.74) is 0.828. The largest absolute Gasteiger partial charge is 0.445 e. The second-order valence-corrected chi connectivity index (χ2v) is 12.6. The van der Waals surface area contributed by atoms with Gasteiger partial charge in [-0.25, -0.2) is 14.0 Å². The minimum atomic E-state index is -0.915. The standard InChI is InChI=1S/C32H40FN3O6/c1-31(2,3)27(34-29(38)41-20-21-10-8-7-9-11-21)28(37)35-17-16-24-26(35)25(18-36(24)30(39)42-32(4,5)6)40-19-22-12-14-23(33)15-13-22/h7-16,25-27H,17-20H2,1-6H3,(H,34,38). The molecule has 4 rings (SSSR count). The molecule has 3 amide bonds. The van der Waals surface area contributed by atoms with E-state index in [4.69, 9.17) is 14.2 Å². The molecule has 0 saturated carbocycles. The average molecular weight is 582 g/mol. The van der Waals surface area contributed by atoms with Crippen LogP contribution < -0.4 is 5.32 Å². The van der Waals surface area contributed by atoms with E-state index >= 15 is 0 Å². The number of nitrogens with one attached hydrogen (secondary N) is 1. The number of ether oxygens (including phenoxy) is 3. The third-order valence-electron chi connectivity index (χ3n) is 7.02. The number of amides is 3. The van der Waals surface area contributed by atoms with Gasteiger partial charge in [-0.05, 0) is 55.5 Å². The zero-order chi connectivity index (χ0) is 30.7. The van der Waals surface area contributed by atoms with Crippen LogP contribution >= 0.6 is 0 Å². The molecule has 0 radical (unpaired) electrons. The van der Waals surface area contributed by atoms with E-state index in [2.05, 4.69) is 5.32 Å². The van der Waals surface area contributed by atoms with Gasteiger partial charge < -0.3 is 24.4 Å². The third-order valence-corrected chi connectivity index (χ3v) is 7.02. The zero-order valence-corrected chi connectivity index (χ0v) is 25.1. The number of fused-ring (bicyclic) bond motifs is 1. The van der Waals surface area contributed by atoms with Gasteiger partial charge in [-0.15, -0.1) is 0 Å². The highest BCUT2D eigenvalue weighted by atomic mass is 19.1. The molecule has 0 spiro atoms. The molecule has 2 aromatic rings. The van der Waals surface area contributed by atoms with Crippen LogP contribution in [0.15, 0.2) is 66.4 Å². The molecule has 2 aromatic carbocycles. The van der Waals surface area contributed by atoms with Crippen LogP contribution in [0, 0.1) is 11.2 Å². The van der Waals surface area contributed by atoms with Gasteiger partial charge in [-0.3, -0.25) is 9.69 Å². The van der Waals surface area contributed by atoms with Crippen molar-refractivity contribution < 1.29 is 33.0 Å².